The highest BCUT2D eigenvalue weighted by Gasteiger charge is 2.31. The fourth-order valence-electron chi connectivity index (χ4n) is 2.48. The summed E-state index contributed by atoms with van der Waals surface area (Å²) in [5.41, 5.74) is 6.85. The fourth-order valence-corrected chi connectivity index (χ4v) is 4.70. The normalized spacial score (nSPS) is 22.4. The Morgan fingerprint density at radius 3 is 2.35 bits per heavy atom. The summed E-state index contributed by atoms with van der Waals surface area (Å²) < 4.78 is 0. The maximum atomic E-state index is 12.2. The van der Waals surface area contributed by atoms with Crippen molar-refractivity contribution in [3.8, 4) is 0 Å². The fraction of sp³-hybridized carbons (Fsp3) is 0.643. The molecule has 20 heavy (non-hydrogen) atoms. The number of thiophene rings is 1. The van der Waals surface area contributed by atoms with Gasteiger partial charge in [0.2, 0.25) is 0 Å². The third-order valence-electron chi connectivity index (χ3n) is 3.96. The molecule has 0 aliphatic carbocycles. The highest BCUT2D eigenvalue weighted by molar-refractivity contribution is 7.99. The Morgan fingerprint density at radius 2 is 1.90 bits per heavy atom. The van der Waals surface area contributed by atoms with Crippen LogP contribution in [0.5, 0.6) is 0 Å². The molecular weight excluding hydrogens is 290 g/mol. The molecule has 2 N–H and O–H groups in total. The van der Waals surface area contributed by atoms with Gasteiger partial charge in [0, 0.05) is 27.2 Å². The van der Waals surface area contributed by atoms with E-state index < -0.39 is 0 Å². The van der Waals surface area contributed by atoms with Gasteiger partial charge in [-0.3, -0.25) is 4.79 Å². The van der Waals surface area contributed by atoms with E-state index in [1.807, 2.05) is 6.26 Å². The first kappa shape index (κ1) is 15.5. The number of carbonyl (C=O) groups is 1. The Balaban J connectivity index is 2.39. The van der Waals surface area contributed by atoms with Crippen molar-refractivity contribution in [2.75, 3.05) is 44.1 Å². The van der Waals surface area contributed by atoms with E-state index in [9.17, 15) is 4.79 Å². The average molecular weight is 313 g/mol. The van der Waals surface area contributed by atoms with Crippen molar-refractivity contribution in [2.24, 2.45) is 11.8 Å². The third-order valence-corrected chi connectivity index (χ3v) is 6.17. The van der Waals surface area contributed by atoms with Crippen LogP contribution in [0.1, 0.15) is 23.5 Å². The van der Waals surface area contributed by atoms with Crippen molar-refractivity contribution in [3.05, 3.63) is 4.88 Å². The van der Waals surface area contributed by atoms with E-state index in [1.165, 1.54) is 11.3 Å². The van der Waals surface area contributed by atoms with Gasteiger partial charge >= 0.3 is 0 Å². The van der Waals surface area contributed by atoms with E-state index in [-0.39, 0.29) is 5.91 Å². The molecule has 112 valence electrons. The standard InChI is InChI=1S/C14H23N3OS2/c1-8-6-17(7-9(8)2)14-12(19-5)10(15)11(20-14)13(18)16(3)4/h8-9H,6-7,15H2,1-5H3. The Morgan fingerprint density at radius 1 is 1.35 bits per heavy atom. The second-order valence-corrected chi connectivity index (χ2v) is 7.56. The second kappa shape index (κ2) is 5.85. The van der Waals surface area contributed by atoms with E-state index in [1.54, 1.807) is 30.8 Å². The first-order valence-electron chi connectivity index (χ1n) is 6.79. The number of thioether (sulfide) groups is 1. The summed E-state index contributed by atoms with van der Waals surface area (Å²) in [5, 5.41) is 1.16. The predicted octanol–water partition coefficient (Wildman–Crippen LogP) is 2.85. The molecule has 0 radical (unpaired) electrons. The molecule has 1 amide bonds. The monoisotopic (exact) mass is 313 g/mol. The minimum absolute atomic E-state index is 0.00524. The van der Waals surface area contributed by atoms with Crippen LogP contribution in [-0.2, 0) is 0 Å². The maximum Gasteiger partial charge on any atom is 0.265 e. The molecule has 1 fully saturated rings. The Labute approximate surface area is 129 Å². The molecule has 0 bridgehead atoms. The van der Waals surface area contributed by atoms with Gasteiger partial charge in [-0.05, 0) is 18.1 Å². The van der Waals surface area contributed by atoms with Crippen LogP contribution in [0.3, 0.4) is 0 Å². The highest BCUT2D eigenvalue weighted by Crippen LogP contribution is 2.46. The maximum absolute atomic E-state index is 12.2. The van der Waals surface area contributed by atoms with Gasteiger partial charge in [-0.2, -0.15) is 0 Å². The molecule has 1 aliphatic heterocycles. The molecule has 0 aromatic carbocycles. The van der Waals surface area contributed by atoms with Crippen molar-refractivity contribution < 1.29 is 4.79 Å². The first-order chi connectivity index (χ1) is 9.36. The van der Waals surface area contributed by atoms with Crippen molar-refractivity contribution in [1.29, 1.82) is 0 Å². The number of rotatable bonds is 3. The van der Waals surface area contributed by atoms with Gasteiger partial charge in [0.1, 0.15) is 9.88 Å². The summed E-state index contributed by atoms with van der Waals surface area (Å²) in [4.78, 5) is 17.9. The van der Waals surface area contributed by atoms with E-state index in [2.05, 4.69) is 18.7 Å². The lowest BCUT2D eigenvalue weighted by atomic mass is 10.0. The molecule has 1 saturated heterocycles. The lowest BCUT2D eigenvalue weighted by molar-refractivity contribution is 0.0833. The van der Waals surface area contributed by atoms with Crippen LogP contribution in [0.15, 0.2) is 4.90 Å². The van der Waals surface area contributed by atoms with Crippen molar-refractivity contribution >= 4 is 39.7 Å². The van der Waals surface area contributed by atoms with Crippen LogP contribution < -0.4 is 10.6 Å². The van der Waals surface area contributed by atoms with E-state index in [0.29, 0.717) is 22.4 Å². The van der Waals surface area contributed by atoms with E-state index >= 15 is 0 Å². The molecule has 2 heterocycles. The summed E-state index contributed by atoms with van der Waals surface area (Å²) in [7, 11) is 3.53. The van der Waals surface area contributed by atoms with Gasteiger partial charge in [0.25, 0.3) is 5.91 Å². The van der Waals surface area contributed by atoms with Gasteiger partial charge in [-0.15, -0.1) is 23.1 Å². The molecule has 4 nitrogen and oxygen atoms in total. The molecule has 0 saturated carbocycles. The minimum Gasteiger partial charge on any atom is -0.396 e. The van der Waals surface area contributed by atoms with Gasteiger partial charge in [-0.1, -0.05) is 13.8 Å². The van der Waals surface area contributed by atoms with Crippen LogP contribution in [0.25, 0.3) is 0 Å². The molecular formula is C14H23N3OS2. The van der Waals surface area contributed by atoms with Gasteiger partial charge in [-0.25, -0.2) is 0 Å². The second-order valence-electron chi connectivity index (χ2n) is 5.74. The number of hydrogen-bond donors (Lipinski definition) is 1. The van der Waals surface area contributed by atoms with Gasteiger partial charge in [0.05, 0.1) is 10.6 Å². The number of nitrogens with two attached hydrogens (primary N) is 1. The summed E-state index contributed by atoms with van der Waals surface area (Å²) in [6.45, 7) is 6.66. The van der Waals surface area contributed by atoms with E-state index in [4.69, 9.17) is 5.73 Å². The number of amides is 1. The molecule has 2 unspecified atom stereocenters. The highest BCUT2D eigenvalue weighted by atomic mass is 32.2. The van der Waals surface area contributed by atoms with Gasteiger partial charge < -0.3 is 15.5 Å². The SMILES string of the molecule is CSc1c(N2CC(C)C(C)C2)sc(C(=O)N(C)C)c1N. The number of nitrogen functional groups attached to an aromatic ring is 1. The molecule has 2 rings (SSSR count). The average Bonchev–Trinajstić information content (AvgIpc) is 2.89. The Bertz CT molecular complexity index is 503. The largest absolute Gasteiger partial charge is 0.396 e. The Kier molecular flexibility index (Phi) is 4.54. The van der Waals surface area contributed by atoms with Crippen LogP contribution in [-0.4, -0.2) is 44.2 Å². The first-order valence-corrected chi connectivity index (χ1v) is 8.83. The van der Waals surface area contributed by atoms with Crippen LogP contribution in [0.4, 0.5) is 10.7 Å². The summed E-state index contributed by atoms with van der Waals surface area (Å²) >= 11 is 3.17. The summed E-state index contributed by atoms with van der Waals surface area (Å²) in [5.74, 6) is 1.36. The Hall–Kier alpha value is -0.880. The number of nitrogens with zero attached hydrogens (tertiary/aromatic N) is 2. The lowest BCUT2D eigenvalue weighted by Gasteiger charge is -2.17. The lowest BCUT2D eigenvalue weighted by Crippen LogP contribution is -2.21. The van der Waals surface area contributed by atoms with Crippen molar-refractivity contribution in [2.45, 2.75) is 18.7 Å². The molecule has 1 aromatic heterocycles. The summed E-state index contributed by atoms with van der Waals surface area (Å²) in [6.07, 6.45) is 2.02. The minimum atomic E-state index is -0.00524. The third kappa shape index (κ3) is 2.63. The molecule has 0 spiro atoms. The number of anilines is 2. The smallest absolute Gasteiger partial charge is 0.265 e. The molecule has 1 aliphatic rings. The summed E-state index contributed by atoms with van der Waals surface area (Å²) in [6, 6.07) is 0. The van der Waals surface area contributed by atoms with E-state index in [0.717, 1.165) is 23.0 Å². The zero-order valence-electron chi connectivity index (χ0n) is 12.8. The van der Waals surface area contributed by atoms with Crippen molar-refractivity contribution in [1.82, 2.24) is 4.90 Å². The van der Waals surface area contributed by atoms with Gasteiger partial charge in [0.15, 0.2) is 0 Å². The number of carbonyl (C=O) groups excluding carboxylic acids is 1. The zero-order valence-corrected chi connectivity index (χ0v) is 14.4. The predicted molar refractivity (Wildman–Crippen MR) is 89.1 cm³/mol. The van der Waals surface area contributed by atoms with Crippen LogP contribution in [0.2, 0.25) is 0 Å². The van der Waals surface area contributed by atoms with Crippen molar-refractivity contribution in [3.63, 3.8) is 0 Å². The van der Waals surface area contributed by atoms with Crippen LogP contribution in [0, 0.1) is 11.8 Å². The molecule has 2 atom stereocenters. The molecule has 1 aromatic rings. The van der Waals surface area contributed by atoms with Crippen LogP contribution >= 0.6 is 23.1 Å². The molecule has 6 heteroatoms. The zero-order chi connectivity index (χ0) is 15.0. The quantitative estimate of drug-likeness (QED) is 0.872. The topological polar surface area (TPSA) is 49.6 Å². The number of hydrogen-bond acceptors (Lipinski definition) is 5.